The van der Waals surface area contributed by atoms with E-state index in [-0.39, 0.29) is 59.6 Å². The molecule has 0 saturated carbocycles. The zero-order valence-corrected chi connectivity index (χ0v) is 20.3. The topological polar surface area (TPSA) is 82.8 Å². The van der Waals surface area contributed by atoms with E-state index in [4.69, 9.17) is 31.5 Å². The van der Waals surface area contributed by atoms with Crippen molar-refractivity contribution in [2.24, 2.45) is 5.73 Å². The van der Waals surface area contributed by atoms with Crippen molar-refractivity contribution in [3.8, 4) is 28.4 Å². The Morgan fingerprint density at radius 3 is 2.62 bits per heavy atom. The van der Waals surface area contributed by atoms with Crippen molar-refractivity contribution >= 4 is 17.5 Å². The van der Waals surface area contributed by atoms with Gasteiger partial charge in [-0.25, -0.2) is 13.2 Å². The van der Waals surface area contributed by atoms with Crippen molar-refractivity contribution in [2.45, 2.75) is 30.9 Å². The minimum absolute atomic E-state index is 0.0194. The summed E-state index contributed by atoms with van der Waals surface area (Å²) in [6.07, 6.45) is 1.71. The van der Waals surface area contributed by atoms with Crippen LogP contribution in [-0.4, -0.2) is 31.7 Å². The number of halogens is 4. The molecule has 3 aromatic rings. The quantitative estimate of drug-likeness (QED) is 0.502. The first-order valence-electron chi connectivity index (χ1n) is 11.9. The van der Waals surface area contributed by atoms with Gasteiger partial charge in [-0.15, -0.1) is 0 Å². The molecule has 3 aliphatic heterocycles. The van der Waals surface area contributed by atoms with Gasteiger partial charge >= 0.3 is 0 Å². The average molecular weight is 531 g/mol. The van der Waals surface area contributed by atoms with Crippen LogP contribution < -0.4 is 25.3 Å². The van der Waals surface area contributed by atoms with Crippen molar-refractivity contribution in [3.05, 3.63) is 75.6 Å². The average Bonchev–Trinajstić information content (AvgIpc) is 3.55. The first-order valence-corrected chi connectivity index (χ1v) is 12.3. The minimum Gasteiger partial charge on any atom is -0.486 e. The van der Waals surface area contributed by atoms with Crippen LogP contribution in [-0.2, 0) is 12.0 Å². The summed E-state index contributed by atoms with van der Waals surface area (Å²) in [5.41, 5.74) is 4.83. The van der Waals surface area contributed by atoms with Crippen LogP contribution in [0.15, 0.2) is 36.4 Å². The lowest BCUT2D eigenvalue weighted by atomic mass is 9.80. The van der Waals surface area contributed by atoms with Gasteiger partial charge in [0, 0.05) is 34.7 Å². The van der Waals surface area contributed by atoms with Crippen LogP contribution >= 0.6 is 11.6 Å². The van der Waals surface area contributed by atoms with Gasteiger partial charge in [0.05, 0.1) is 16.6 Å². The van der Waals surface area contributed by atoms with Gasteiger partial charge in [-0.3, -0.25) is 4.79 Å². The van der Waals surface area contributed by atoms with E-state index in [1.807, 2.05) is 0 Å². The first-order chi connectivity index (χ1) is 17.8. The summed E-state index contributed by atoms with van der Waals surface area (Å²) in [5.74, 6) is -3.28. The molecule has 1 fully saturated rings. The standard InChI is InChI=1S/C27H22ClF3N2O4/c28-23-17(30)11-18-16(12-27(37-18,20-5-2-6-33-20)13-3-1-4-14(29)9-13)21(23)22-15(26(32)34)10-19-25(24(22)31)36-8-7-35-19/h1,3-4,9-11,20,33H,2,5-8,12H2,(H2,32,34)/t20-,27-/m0/s1. The largest absolute Gasteiger partial charge is 0.486 e. The Hall–Kier alpha value is -3.43. The number of hydrogen-bond donors (Lipinski definition) is 2. The molecule has 2 atom stereocenters. The zero-order valence-electron chi connectivity index (χ0n) is 19.5. The molecule has 0 aliphatic carbocycles. The number of primary amides is 1. The SMILES string of the molecule is NC(=O)c1cc2c(c(F)c1-c1c(Cl)c(F)cc3c1C[C@](c1cccc(F)c1)([C@@H]1CCCN1)O3)OCCO2. The van der Waals surface area contributed by atoms with E-state index in [9.17, 15) is 9.18 Å². The minimum atomic E-state index is -1.12. The smallest absolute Gasteiger partial charge is 0.249 e. The summed E-state index contributed by atoms with van der Waals surface area (Å²) < 4.78 is 63.0. The van der Waals surface area contributed by atoms with Crippen molar-refractivity contribution in [1.82, 2.24) is 5.32 Å². The van der Waals surface area contributed by atoms with Gasteiger partial charge in [0.25, 0.3) is 0 Å². The van der Waals surface area contributed by atoms with Gasteiger partial charge in [0.15, 0.2) is 22.9 Å². The molecule has 6 nitrogen and oxygen atoms in total. The van der Waals surface area contributed by atoms with Crippen molar-refractivity contribution < 1.29 is 32.2 Å². The third kappa shape index (κ3) is 3.71. The van der Waals surface area contributed by atoms with Gasteiger partial charge in [-0.05, 0) is 37.6 Å². The second-order valence-corrected chi connectivity index (χ2v) is 9.73. The fourth-order valence-electron chi connectivity index (χ4n) is 5.64. The summed E-state index contributed by atoms with van der Waals surface area (Å²) in [6, 6.07) is 8.20. The number of nitrogens with two attached hydrogens (primary N) is 1. The highest BCUT2D eigenvalue weighted by molar-refractivity contribution is 6.34. The second kappa shape index (κ2) is 8.85. The molecule has 37 heavy (non-hydrogen) atoms. The first kappa shape index (κ1) is 23.9. The number of ether oxygens (including phenoxy) is 3. The van der Waals surface area contributed by atoms with Gasteiger partial charge in [0.2, 0.25) is 5.91 Å². The predicted octanol–water partition coefficient (Wildman–Crippen LogP) is 4.88. The Bertz CT molecular complexity index is 1440. The molecule has 0 unspecified atom stereocenters. The normalized spacial score (nSPS) is 22.0. The van der Waals surface area contributed by atoms with E-state index in [2.05, 4.69) is 5.32 Å². The van der Waals surface area contributed by atoms with Gasteiger partial charge in [-0.2, -0.15) is 0 Å². The molecule has 1 saturated heterocycles. The highest BCUT2D eigenvalue weighted by Crippen LogP contribution is 2.53. The zero-order chi connectivity index (χ0) is 25.9. The molecule has 10 heteroatoms. The van der Waals surface area contributed by atoms with E-state index in [1.165, 1.54) is 18.2 Å². The van der Waals surface area contributed by atoms with Crippen LogP contribution in [0.1, 0.15) is 34.3 Å². The molecule has 0 bridgehead atoms. The molecule has 0 radical (unpaired) electrons. The number of carbonyl (C=O) groups is 1. The number of rotatable bonds is 4. The summed E-state index contributed by atoms with van der Waals surface area (Å²) in [6.45, 7) is 0.984. The lowest BCUT2D eigenvalue weighted by molar-refractivity contribution is 0.0536. The van der Waals surface area contributed by atoms with E-state index in [1.54, 1.807) is 12.1 Å². The number of fused-ring (bicyclic) bond motifs is 2. The number of hydrogen-bond acceptors (Lipinski definition) is 5. The second-order valence-electron chi connectivity index (χ2n) is 9.35. The van der Waals surface area contributed by atoms with Crippen LogP contribution in [0.4, 0.5) is 13.2 Å². The van der Waals surface area contributed by atoms with Gasteiger partial charge < -0.3 is 25.3 Å². The van der Waals surface area contributed by atoms with E-state index in [0.717, 1.165) is 25.5 Å². The number of carbonyl (C=O) groups excluding carboxylic acids is 1. The molecule has 3 aromatic carbocycles. The summed E-state index contributed by atoms with van der Waals surface area (Å²) in [4.78, 5) is 12.5. The third-order valence-corrected chi connectivity index (χ3v) is 7.61. The highest BCUT2D eigenvalue weighted by atomic mass is 35.5. The van der Waals surface area contributed by atoms with Crippen LogP contribution in [0.5, 0.6) is 17.2 Å². The molecule has 0 aromatic heterocycles. The fraction of sp³-hybridized carbons (Fsp3) is 0.296. The van der Waals surface area contributed by atoms with Crippen LogP contribution in [0.25, 0.3) is 11.1 Å². The lowest BCUT2D eigenvalue weighted by Gasteiger charge is -2.35. The lowest BCUT2D eigenvalue weighted by Crippen LogP contribution is -2.49. The van der Waals surface area contributed by atoms with E-state index >= 15 is 8.78 Å². The number of benzene rings is 3. The number of nitrogens with one attached hydrogen (secondary N) is 1. The maximum absolute atomic E-state index is 16.0. The van der Waals surface area contributed by atoms with Gasteiger partial charge in [-0.1, -0.05) is 23.7 Å². The Labute approximate surface area is 215 Å². The van der Waals surface area contributed by atoms with E-state index in [0.29, 0.717) is 11.1 Å². The van der Waals surface area contributed by atoms with Crippen molar-refractivity contribution in [2.75, 3.05) is 19.8 Å². The highest BCUT2D eigenvalue weighted by Gasteiger charge is 2.50. The Kier molecular flexibility index (Phi) is 5.72. The predicted molar refractivity (Wildman–Crippen MR) is 130 cm³/mol. The van der Waals surface area contributed by atoms with Crippen LogP contribution in [0.2, 0.25) is 5.02 Å². The molecule has 6 rings (SSSR count). The summed E-state index contributed by atoms with van der Waals surface area (Å²) in [5, 5.41) is 3.01. The third-order valence-electron chi connectivity index (χ3n) is 7.24. The van der Waals surface area contributed by atoms with E-state index < -0.39 is 34.0 Å². The molecule has 0 spiro atoms. The Morgan fingerprint density at radius 1 is 1.08 bits per heavy atom. The van der Waals surface area contributed by atoms with Crippen LogP contribution in [0.3, 0.4) is 0 Å². The van der Waals surface area contributed by atoms with Crippen molar-refractivity contribution in [1.29, 1.82) is 0 Å². The van der Waals surface area contributed by atoms with Crippen molar-refractivity contribution in [3.63, 3.8) is 0 Å². The molecule has 1 amide bonds. The van der Waals surface area contributed by atoms with Gasteiger partial charge in [0.1, 0.15) is 30.6 Å². The maximum Gasteiger partial charge on any atom is 0.249 e. The molecular formula is C27H22ClF3N2O4. The molecule has 3 heterocycles. The monoisotopic (exact) mass is 530 g/mol. The van der Waals surface area contributed by atoms with Crippen LogP contribution in [0, 0.1) is 17.5 Å². The Balaban J connectivity index is 1.60. The summed E-state index contributed by atoms with van der Waals surface area (Å²) >= 11 is 6.47. The molecule has 192 valence electrons. The molecular weight excluding hydrogens is 509 g/mol. The summed E-state index contributed by atoms with van der Waals surface area (Å²) in [7, 11) is 0. The fourth-order valence-corrected chi connectivity index (χ4v) is 5.90. The Morgan fingerprint density at radius 2 is 1.89 bits per heavy atom. The molecule has 3 aliphatic rings. The number of amides is 1. The maximum atomic E-state index is 16.0. The molecule has 3 N–H and O–H groups in total.